The quantitative estimate of drug-likeness (QED) is 0.414. The maximum absolute atomic E-state index is 13.4. The van der Waals surface area contributed by atoms with E-state index in [4.69, 9.17) is 4.42 Å². The number of carbonyl (C=O) groups is 1. The van der Waals surface area contributed by atoms with Crippen molar-refractivity contribution < 1.29 is 26.4 Å². The molecular weight excluding hydrogens is 468 g/mol. The molecule has 4 aromatic rings. The molecule has 8 nitrogen and oxygen atoms in total. The molecule has 2 N–H and O–H groups in total. The first kappa shape index (κ1) is 22.9. The Hall–Kier alpha value is -4.25. The van der Waals surface area contributed by atoms with Gasteiger partial charge in [-0.3, -0.25) is 14.3 Å². The SMILES string of the molecule is O=C(Nc1ccc(NS(=O)(=O)c2ccc(F)c(F)c2)cc1)c1ccc(Cn2ccccc2=O)o1. The topological polar surface area (TPSA) is 110 Å². The van der Waals surface area contributed by atoms with Gasteiger partial charge in [0.05, 0.1) is 11.4 Å². The molecule has 0 aliphatic rings. The number of nitrogens with zero attached hydrogens (tertiary/aromatic N) is 1. The first-order chi connectivity index (χ1) is 16.2. The molecule has 0 unspecified atom stereocenters. The minimum atomic E-state index is -4.14. The Morgan fingerprint density at radius 3 is 2.35 bits per heavy atom. The fourth-order valence-electron chi connectivity index (χ4n) is 3.02. The molecule has 2 aromatic carbocycles. The second kappa shape index (κ2) is 9.32. The van der Waals surface area contributed by atoms with Gasteiger partial charge in [-0.05, 0) is 60.7 Å². The van der Waals surface area contributed by atoms with Gasteiger partial charge in [0.2, 0.25) is 0 Å². The molecule has 0 saturated carbocycles. The number of hydrogen-bond donors (Lipinski definition) is 2. The summed E-state index contributed by atoms with van der Waals surface area (Å²) in [7, 11) is -4.14. The van der Waals surface area contributed by atoms with Gasteiger partial charge in [0.1, 0.15) is 5.76 Å². The molecule has 0 radical (unpaired) electrons. The molecule has 34 heavy (non-hydrogen) atoms. The first-order valence-electron chi connectivity index (χ1n) is 9.85. The second-order valence-electron chi connectivity index (χ2n) is 7.15. The average Bonchev–Trinajstić information content (AvgIpc) is 3.27. The van der Waals surface area contributed by atoms with Crippen LogP contribution in [0.3, 0.4) is 0 Å². The average molecular weight is 485 g/mol. The maximum atomic E-state index is 13.4. The minimum absolute atomic E-state index is 0.0297. The lowest BCUT2D eigenvalue weighted by atomic mass is 10.3. The largest absolute Gasteiger partial charge is 0.454 e. The van der Waals surface area contributed by atoms with Gasteiger partial charge in [-0.2, -0.15) is 0 Å². The number of furan rings is 1. The lowest BCUT2D eigenvalue weighted by molar-refractivity contribution is 0.0994. The van der Waals surface area contributed by atoms with Crippen molar-refractivity contribution in [2.24, 2.45) is 0 Å². The summed E-state index contributed by atoms with van der Waals surface area (Å²) < 4.78 is 60.3. The number of nitrogens with one attached hydrogen (secondary N) is 2. The number of carbonyl (C=O) groups excluding carboxylic acids is 1. The Morgan fingerprint density at radius 2 is 1.65 bits per heavy atom. The van der Waals surface area contributed by atoms with Gasteiger partial charge in [0.15, 0.2) is 17.4 Å². The summed E-state index contributed by atoms with van der Waals surface area (Å²) in [6.07, 6.45) is 1.60. The predicted octanol–water partition coefficient (Wildman–Crippen LogP) is 3.82. The first-order valence-corrected chi connectivity index (χ1v) is 11.3. The molecule has 2 aromatic heterocycles. The molecule has 174 valence electrons. The van der Waals surface area contributed by atoms with Crippen LogP contribution in [0.25, 0.3) is 0 Å². The molecule has 0 aliphatic carbocycles. The van der Waals surface area contributed by atoms with Crippen LogP contribution in [0.1, 0.15) is 16.3 Å². The number of anilines is 2. The summed E-state index contributed by atoms with van der Waals surface area (Å²) in [5, 5.41) is 2.61. The van der Waals surface area contributed by atoms with Gasteiger partial charge in [-0.1, -0.05) is 6.07 Å². The summed E-state index contributed by atoms with van der Waals surface area (Å²) in [6, 6.07) is 15.7. The van der Waals surface area contributed by atoms with Crippen LogP contribution in [0.15, 0.2) is 93.1 Å². The lowest BCUT2D eigenvalue weighted by Crippen LogP contribution is -2.18. The van der Waals surface area contributed by atoms with E-state index in [9.17, 15) is 26.8 Å². The number of halogens is 2. The van der Waals surface area contributed by atoms with Crippen LogP contribution in [-0.2, 0) is 16.6 Å². The highest BCUT2D eigenvalue weighted by atomic mass is 32.2. The van der Waals surface area contributed by atoms with Crippen molar-refractivity contribution >= 4 is 27.3 Å². The van der Waals surface area contributed by atoms with E-state index in [-0.39, 0.29) is 23.6 Å². The number of pyridine rings is 1. The van der Waals surface area contributed by atoms with Crippen LogP contribution in [0, 0.1) is 11.6 Å². The Balaban J connectivity index is 1.40. The van der Waals surface area contributed by atoms with E-state index in [1.165, 1.54) is 41.0 Å². The number of benzene rings is 2. The molecule has 0 spiro atoms. The van der Waals surface area contributed by atoms with Crippen molar-refractivity contribution in [3.8, 4) is 0 Å². The summed E-state index contributed by atoms with van der Waals surface area (Å²) in [4.78, 5) is 23.8. The van der Waals surface area contributed by atoms with Crippen LogP contribution >= 0.6 is 0 Å². The van der Waals surface area contributed by atoms with Crippen molar-refractivity contribution in [2.45, 2.75) is 11.4 Å². The Kier molecular flexibility index (Phi) is 6.28. The molecule has 0 bridgehead atoms. The number of sulfonamides is 1. The zero-order valence-corrected chi connectivity index (χ0v) is 18.2. The molecule has 0 aliphatic heterocycles. The van der Waals surface area contributed by atoms with Gasteiger partial charge in [-0.25, -0.2) is 17.2 Å². The smallest absolute Gasteiger partial charge is 0.291 e. The number of aromatic nitrogens is 1. The molecule has 2 heterocycles. The van der Waals surface area contributed by atoms with Crippen LogP contribution in [0.5, 0.6) is 0 Å². The van der Waals surface area contributed by atoms with E-state index in [1.54, 1.807) is 24.4 Å². The van der Waals surface area contributed by atoms with Crippen LogP contribution in [0.2, 0.25) is 0 Å². The molecule has 4 rings (SSSR count). The van der Waals surface area contributed by atoms with E-state index in [0.29, 0.717) is 17.5 Å². The molecule has 0 atom stereocenters. The monoisotopic (exact) mass is 485 g/mol. The fourth-order valence-corrected chi connectivity index (χ4v) is 4.09. The molecular formula is C23H17F2N3O5S. The molecule has 0 fully saturated rings. The van der Waals surface area contributed by atoms with Gasteiger partial charge in [-0.15, -0.1) is 0 Å². The third-order valence-electron chi connectivity index (χ3n) is 4.71. The number of amides is 1. The van der Waals surface area contributed by atoms with Crippen LogP contribution in [-0.4, -0.2) is 18.9 Å². The highest BCUT2D eigenvalue weighted by Crippen LogP contribution is 2.20. The van der Waals surface area contributed by atoms with E-state index in [2.05, 4.69) is 10.0 Å². The van der Waals surface area contributed by atoms with Crippen molar-refractivity contribution in [2.75, 3.05) is 10.0 Å². The normalized spacial score (nSPS) is 11.2. The van der Waals surface area contributed by atoms with Gasteiger partial charge >= 0.3 is 0 Å². The lowest BCUT2D eigenvalue weighted by Gasteiger charge is -2.09. The molecule has 0 saturated heterocycles. The van der Waals surface area contributed by atoms with E-state index in [0.717, 1.165) is 12.1 Å². The van der Waals surface area contributed by atoms with Crippen molar-refractivity contribution in [1.82, 2.24) is 4.57 Å². The fraction of sp³-hybridized carbons (Fsp3) is 0.0435. The summed E-state index contributed by atoms with van der Waals surface area (Å²) in [6.45, 7) is 0.166. The van der Waals surface area contributed by atoms with E-state index < -0.39 is 32.5 Å². The maximum Gasteiger partial charge on any atom is 0.291 e. The Labute approximate surface area is 192 Å². The van der Waals surface area contributed by atoms with Gasteiger partial charge in [0.25, 0.3) is 21.5 Å². The van der Waals surface area contributed by atoms with Crippen molar-refractivity contribution in [3.63, 3.8) is 0 Å². The summed E-state index contributed by atoms with van der Waals surface area (Å²) in [5.74, 6) is -2.53. The third-order valence-corrected chi connectivity index (χ3v) is 6.09. The Morgan fingerprint density at radius 1 is 0.912 bits per heavy atom. The second-order valence-corrected chi connectivity index (χ2v) is 8.83. The zero-order chi connectivity index (χ0) is 24.3. The highest BCUT2D eigenvalue weighted by molar-refractivity contribution is 7.92. The highest BCUT2D eigenvalue weighted by Gasteiger charge is 2.17. The van der Waals surface area contributed by atoms with E-state index in [1.807, 2.05) is 0 Å². The van der Waals surface area contributed by atoms with Crippen molar-refractivity contribution in [3.05, 3.63) is 113 Å². The number of hydrogen-bond acceptors (Lipinski definition) is 5. The summed E-state index contributed by atoms with van der Waals surface area (Å²) in [5.41, 5.74) is 0.305. The van der Waals surface area contributed by atoms with Crippen LogP contribution < -0.4 is 15.6 Å². The third kappa shape index (κ3) is 5.21. The minimum Gasteiger partial charge on any atom is -0.454 e. The van der Waals surface area contributed by atoms with Gasteiger partial charge in [0, 0.05) is 23.6 Å². The predicted molar refractivity (Wildman–Crippen MR) is 120 cm³/mol. The summed E-state index contributed by atoms with van der Waals surface area (Å²) >= 11 is 0. The Bertz CT molecular complexity index is 1510. The zero-order valence-electron chi connectivity index (χ0n) is 17.4. The standard InChI is InChI=1S/C23H17F2N3O5S/c24-19-10-9-18(13-20(19)25)34(31,32)27-16-6-4-15(5-7-16)26-23(30)21-11-8-17(33-21)14-28-12-2-1-3-22(28)29/h1-13,27H,14H2,(H,26,30). The van der Waals surface area contributed by atoms with Crippen LogP contribution in [0.4, 0.5) is 20.2 Å². The number of rotatable bonds is 7. The molecule has 1 amide bonds. The van der Waals surface area contributed by atoms with Crippen molar-refractivity contribution in [1.29, 1.82) is 0 Å². The van der Waals surface area contributed by atoms with E-state index >= 15 is 0 Å². The van der Waals surface area contributed by atoms with Gasteiger partial charge < -0.3 is 14.3 Å². The molecule has 11 heteroatoms.